The van der Waals surface area contributed by atoms with E-state index in [1.54, 1.807) is 60.7 Å². The quantitative estimate of drug-likeness (QED) is 0.193. The largest absolute Gasteiger partial charge is 0.534 e. The monoisotopic (exact) mass is 614 g/mol. The number of nitrogens with one attached hydrogen (secondary N) is 1. The number of halogens is 3. The van der Waals surface area contributed by atoms with Crippen molar-refractivity contribution < 1.29 is 54.4 Å². The molecule has 0 aliphatic carbocycles. The van der Waals surface area contributed by atoms with E-state index in [-0.39, 0.29) is 0 Å². The van der Waals surface area contributed by atoms with Crippen molar-refractivity contribution in [2.24, 2.45) is 0 Å². The standard InChI is InChI=1S/C25H21F3N2O9S2/c1-14(31)37-12-18(32)29-19-22(33)30-20(17(13-40-23(19)30)39-41(35,36)25(26,27)28)24(34)38-21(15-8-4-2-5-9-15)16-10-6-3-7-11-16/h2-11,19,21,23H,12-13H2,1H3,(H,29,32)/t19?,23-/m1/s1. The number of thioether (sulfide) groups is 1. The number of benzene rings is 2. The van der Waals surface area contributed by atoms with Crippen LogP contribution in [0.3, 0.4) is 0 Å². The Kier molecular flexibility index (Phi) is 8.63. The van der Waals surface area contributed by atoms with Crippen LogP contribution in [0.1, 0.15) is 24.2 Å². The van der Waals surface area contributed by atoms with Gasteiger partial charge in [0.2, 0.25) is 0 Å². The molecule has 4 rings (SSSR count). The van der Waals surface area contributed by atoms with Crippen LogP contribution in [-0.4, -0.2) is 66.4 Å². The smallest absolute Gasteiger partial charge is 0.456 e. The maximum atomic E-state index is 13.6. The van der Waals surface area contributed by atoms with Gasteiger partial charge in [0.25, 0.3) is 11.8 Å². The van der Waals surface area contributed by atoms with E-state index in [0.717, 1.165) is 18.7 Å². The van der Waals surface area contributed by atoms with E-state index in [1.165, 1.54) is 0 Å². The van der Waals surface area contributed by atoms with Crippen molar-refractivity contribution in [3.05, 3.63) is 83.2 Å². The third-order valence-electron chi connectivity index (χ3n) is 5.77. The van der Waals surface area contributed by atoms with Gasteiger partial charge in [0.1, 0.15) is 11.4 Å². The highest BCUT2D eigenvalue weighted by atomic mass is 32.2. The molecule has 1 N–H and O–H groups in total. The first-order valence-corrected chi connectivity index (χ1v) is 14.2. The fourth-order valence-corrected chi connectivity index (χ4v) is 5.78. The molecular weight excluding hydrogens is 593 g/mol. The number of fused-ring (bicyclic) bond motifs is 1. The second-order valence-corrected chi connectivity index (χ2v) is 11.2. The highest BCUT2D eigenvalue weighted by molar-refractivity contribution is 8.00. The van der Waals surface area contributed by atoms with Gasteiger partial charge in [-0.2, -0.15) is 21.6 Å². The molecule has 0 spiro atoms. The lowest BCUT2D eigenvalue weighted by molar-refractivity contribution is -0.156. The van der Waals surface area contributed by atoms with Crippen molar-refractivity contribution >= 4 is 45.6 Å². The molecule has 41 heavy (non-hydrogen) atoms. The molecular formula is C25H21F3N2O9S2. The molecule has 2 aliphatic heterocycles. The maximum absolute atomic E-state index is 13.6. The highest BCUT2D eigenvalue weighted by Crippen LogP contribution is 2.43. The first-order valence-electron chi connectivity index (χ1n) is 11.7. The summed E-state index contributed by atoms with van der Waals surface area (Å²) in [7, 11) is -6.21. The Morgan fingerprint density at radius 1 is 1.05 bits per heavy atom. The molecule has 0 aromatic heterocycles. The van der Waals surface area contributed by atoms with Gasteiger partial charge in [-0.25, -0.2) is 4.79 Å². The minimum Gasteiger partial charge on any atom is -0.456 e. The predicted molar refractivity (Wildman–Crippen MR) is 136 cm³/mol. The second kappa shape index (κ2) is 11.8. The summed E-state index contributed by atoms with van der Waals surface area (Å²) in [6.45, 7) is 0.368. The molecule has 2 heterocycles. The summed E-state index contributed by atoms with van der Waals surface area (Å²) in [5.41, 5.74) is -5.72. The van der Waals surface area contributed by atoms with Crippen LogP contribution in [0.25, 0.3) is 0 Å². The van der Waals surface area contributed by atoms with Crippen molar-refractivity contribution in [3.63, 3.8) is 0 Å². The summed E-state index contributed by atoms with van der Waals surface area (Å²) in [6, 6.07) is 15.4. The predicted octanol–water partition coefficient (Wildman–Crippen LogP) is 2.36. The van der Waals surface area contributed by atoms with Crippen LogP contribution in [0.15, 0.2) is 72.1 Å². The number of alkyl halides is 3. The Bertz CT molecular complexity index is 1440. The van der Waals surface area contributed by atoms with Gasteiger partial charge in [-0.1, -0.05) is 60.7 Å². The molecule has 2 aromatic rings. The van der Waals surface area contributed by atoms with Crippen molar-refractivity contribution in [2.45, 2.75) is 30.0 Å². The Balaban J connectivity index is 1.68. The van der Waals surface area contributed by atoms with E-state index in [2.05, 4.69) is 14.2 Å². The molecule has 2 atom stereocenters. The molecule has 11 nitrogen and oxygen atoms in total. The number of carbonyl (C=O) groups excluding carboxylic acids is 4. The Morgan fingerprint density at radius 2 is 1.61 bits per heavy atom. The van der Waals surface area contributed by atoms with Crippen molar-refractivity contribution in [1.82, 2.24) is 10.2 Å². The third-order valence-corrected chi connectivity index (χ3v) is 8.01. The molecule has 16 heteroatoms. The molecule has 2 aromatic carbocycles. The zero-order valence-electron chi connectivity index (χ0n) is 21.0. The summed E-state index contributed by atoms with van der Waals surface area (Å²) < 4.78 is 77.7. The molecule has 2 aliphatic rings. The number of amides is 2. The van der Waals surface area contributed by atoms with E-state index in [0.29, 0.717) is 16.0 Å². The number of hydrogen-bond acceptors (Lipinski definition) is 10. The lowest BCUT2D eigenvalue weighted by Crippen LogP contribution is -2.71. The third kappa shape index (κ3) is 6.48. The van der Waals surface area contributed by atoms with Crippen LogP contribution in [0.4, 0.5) is 13.2 Å². The summed E-state index contributed by atoms with van der Waals surface area (Å²) in [4.78, 5) is 50.4. The summed E-state index contributed by atoms with van der Waals surface area (Å²) in [6.07, 6.45) is -1.10. The normalized spacial score (nSPS) is 18.8. The Morgan fingerprint density at radius 3 is 2.12 bits per heavy atom. The molecule has 0 bridgehead atoms. The molecule has 1 fully saturated rings. The number of hydrogen-bond donors (Lipinski definition) is 1. The Labute approximate surface area is 235 Å². The van der Waals surface area contributed by atoms with Crippen molar-refractivity contribution in [3.8, 4) is 0 Å². The van der Waals surface area contributed by atoms with Crippen molar-refractivity contribution in [2.75, 3.05) is 12.4 Å². The van der Waals surface area contributed by atoms with Crippen molar-refractivity contribution in [1.29, 1.82) is 0 Å². The van der Waals surface area contributed by atoms with Gasteiger partial charge in [0.15, 0.2) is 24.2 Å². The summed E-state index contributed by atoms with van der Waals surface area (Å²) in [5.74, 6) is -5.44. The van der Waals surface area contributed by atoms with E-state index in [1.807, 2.05) is 0 Å². The first-order chi connectivity index (χ1) is 19.3. The Hall–Kier alpha value is -4.05. The average Bonchev–Trinajstić information content (AvgIpc) is 2.93. The zero-order valence-corrected chi connectivity index (χ0v) is 22.6. The van der Waals surface area contributed by atoms with Gasteiger partial charge in [-0.3, -0.25) is 19.3 Å². The minimum absolute atomic E-state index is 0.477. The van der Waals surface area contributed by atoms with Crippen LogP contribution >= 0.6 is 11.8 Å². The van der Waals surface area contributed by atoms with Gasteiger partial charge >= 0.3 is 27.6 Å². The molecule has 0 saturated carbocycles. The molecule has 1 saturated heterocycles. The first kappa shape index (κ1) is 29.9. The van der Waals surface area contributed by atoms with Gasteiger partial charge in [-0.15, -0.1) is 11.8 Å². The van der Waals surface area contributed by atoms with Gasteiger partial charge in [0.05, 0.1) is 5.75 Å². The maximum Gasteiger partial charge on any atom is 0.534 e. The van der Waals surface area contributed by atoms with Gasteiger partial charge in [-0.05, 0) is 11.1 Å². The van der Waals surface area contributed by atoms with Crippen LogP contribution in [0, 0.1) is 0 Å². The van der Waals surface area contributed by atoms with Crippen LogP contribution in [0.2, 0.25) is 0 Å². The van der Waals surface area contributed by atoms with Gasteiger partial charge < -0.3 is 19.0 Å². The SMILES string of the molecule is CC(=O)OCC(=O)NC1C(=O)N2C(C(=O)OC(c3ccccc3)c3ccccc3)=C(OS(=O)(=O)C(F)(F)F)CS[C@H]12. The van der Waals surface area contributed by atoms with Crippen LogP contribution < -0.4 is 5.32 Å². The lowest BCUT2D eigenvalue weighted by Gasteiger charge is -2.49. The van der Waals surface area contributed by atoms with Gasteiger partial charge in [0, 0.05) is 6.92 Å². The molecule has 218 valence electrons. The molecule has 2 amide bonds. The zero-order chi connectivity index (χ0) is 29.9. The summed E-state index contributed by atoms with van der Waals surface area (Å²) >= 11 is 0.744. The summed E-state index contributed by atoms with van der Waals surface area (Å²) in [5, 5.41) is 1.29. The lowest BCUT2D eigenvalue weighted by atomic mass is 10.0. The number of carbonyl (C=O) groups is 4. The van der Waals surface area contributed by atoms with E-state index in [4.69, 9.17) is 4.74 Å². The van der Waals surface area contributed by atoms with Crippen LogP contribution in [-0.2, 0) is 43.0 Å². The number of ether oxygens (including phenoxy) is 2. The minimum atomic E-state index is -6.21. The number of rotatable bonds is 9. The number of β-lactam (4-membered cyclic amide) rings is 1. The van der Waals surface area contributed by atoms with E-state index < -0.39 is 80.7 Å². The number of nitrogens with zero attached hydrogens (tertiary/aromatic N) is 1. The number of esters is 2. The highest BCUT2D eigenvalue weighted by Gasteiger charge is 2.57. The van der Waals surface area contributed by atoms with E-state index in [9.17, 15) is 40.8 Å². The molecule has 1 unspecified atom stereocenters. The molecule has 0 radical (unpaired) electrons. The topological polar surface area (TPSA) is 145 Å². The fourth-order valence-electron chi connectivity index (χ4n) is 3.95. The average molecular weight is 615 g/mol. The fraction of sp³-hybridized carbons (Fsp3) is 0.280. The van der Waals surface area contributed by atoms with Crippen LogP contribution in [0.5, 0.6) is 0 Å². The second-order valence-electron chi connectivity index (χ2n) is 8.60. The van der Waals surface area contributed by atoms with E-state index >= 15 is 0 Å².